The van der Waals surface area contributed by atoms with E-state index in [0.29, 0.717) is 18.2 Å². The zero-order valence-corrected chi connectivity index (χ0v) is 14.6. The molecule has 1 aromatic carbocycles. The molecule has 0 N–H and O–H groups in total. The van der Waals surface area contributed by atoms with Crippen molar-refractivity contribution in [3.8, 4) is 10.8 Å². The number of aryl methyl sites for hydroxylation is 1. The van der Waals surface area contributed by atoms with Crippen LogP contribution in [0.5, 0.6) is 0 Å². The Balaban J connectivity index is 1.75. The summed E-state index contributed by atoms with van der Waals surface area (Å²) in [5.74, 6) is 1.23. The molecule has 0 fully saturated rings. The number of halogens is 3. The maximum atomic E-state index is 13.1. The van der Waals surface area contributed by atoms with E-state index in [1.807, 2.05) is 24.4 Å². The van der Waals surface area contributed by atoms with Gasteiger partial charge in [-0.3, -0.25) is 4.90 Å². The lowest BCUT2D eigenvalue weighted by molar-refractivity contribution is -0.138. The second-order valence-electron chi connectivity index (χ2n) is 5.83. The van der Waals surface area contributed by atoms with Gasteiger partial charge in [0.15, 0.2) is 0 Å². The van der Waals surface area contributed by atoms with Crippen LogP contribution in [0, 0.1) is 6.92 Å². The van der Waals surface area contributed by atoms with E-state index in [1.54, 1.807) is 18.0 Å². The molecule has 25 heavy (non-hydrogen) atoms. The average molecular weight is 366 g/mol. The molecule has 0 spiro atoms. The molecular formula is C18H17F3N2OS. The molecule has 0 saturated carbocycles. The van der Waals surface area contributed by atoms with E-state index < -0.39 is 11.7 Å². The first-order valence-electron chi connectivity index (χ1n) is 7.68. The standard InChI is InChI=1S/C18H17F3N2OS/c1-12-15(22-17(24-12)16-8-5-9-25-16)11-23(2)10-13-6-3-4-7-14(13)18(19,20)21/h3-9H,10-11H2,1-2H3. The van der Waals surface area contributed by atoms with Gasteiger partial charge in [0.1, 0.15) is 5.76 Å². The molecule has 0 bridgehead atoms. The van der Waals surface area contributed by atoms with E-state index in [4.69, 9.17) is 4.42 Å². The SMILES string of the molecule is Cc1oc(-c2cccs2)nc1CN(C)Cc1ccccc1C(F)(F)F. The summed E-state index contributed by atoms with van der Waals surface area (Å²) in [5, 5.41) is 1.94. The van der Waals surface area contributed by atoms with Crippen LogP contribution in [-0.4, -0.2) is 16.9 Å². The first-order chi connectivity index (χ1) is 11.8. The van der Waals surface area contributed by atoms with Gasteiger partial charge in [0.2, 0.25) is 5.89 Å². The van der Waals surface area contributed by atoms with Gasteiger partial charge in [-0.05, 0) is 37.0 Å². The molecule has 0 atom stereocenters. The summed E-state index contributed by atoms with van der Waals surface area (Å²) in [6.45, 7) is 2.40. The third-order valence-corrected chi connectivity index (χ3v) is 4.67. The Morgan fingerprint density at radius 1 is 1.12 bits per heavy atom. The Bertz CT molecular complexity index is 840. The Morgan fingerprint density at radius 3 is 2.56 bits per heavy atom. The van der Waals surface area contributed by atoms with Crippen molar-refractivity contribution >= 4 is 11.3 Å². The van der Waals surface area contributed by atoms with Crippen molar-refractivity contribution in [1.82, 2.24) is 9.88 Å². The van der Waals surface area contributed by atoms with Crippen LogP contribution in [0.4, 0.5) is 13.2 Å². The van der Waals surface area contributed by atoms with E-state index in [-0.39, 0.29) is 12.1 Å². The molecule has 0 radical (unpaired) electrons. The van der Waals surface area contributed by atoms with Crippen LogP contribution < -0.4 is 0 Å². The van der Waals surface area contributed by atoms with E-state index >= 15 is 0 Å². The lowest BCUT2D eigenvalue weighted by Gasteiger charge is -2.19. The highest BCUT2D eigenvalue weighted by atomic mass is 32.1. The zero-order chi connectivity index (χ0) is 18.0. The normalized spacial score (nSPS) is 12.1. The van der Waals surface area contributed by atoms with Crippen molar-refractivity contribution in [1.29, 1.82) is 0 Å². The summed E-state index contributed by atoms with van der Waals surface area (Å²) in [5.41, 5.74) is 0.380. The molecule has 0 saturated heterocycles. The van der Waals surface area contributed by atoms with Crippen molar-refractivity contribution in [2.75, 3.05) is 7.05 Å². The number of nitrogens with zero attached hydrogens (tertiary/aromatic N) is 2. The number of hydrogen-bond acceptors (Lipinski definition) is 4. The van der Waals surface area contributed by atoms with E-state index in [2.05, 4.69) is 4.98 Å². The monoisotopic (exact) mass is 366 g/mol. The highest BCUT2D eigenvalue weighted by molar-refractivity contribution is 7.13. The molecule has 7 heteroatoms. The van der Waals surface area contributed by atoms with Crippen LogP contribution in [-0.2, 0) is 19.3 Å². The Kier molecular flexibility index (Phi) is 4.96. The van der Waals surface area contributed by atoms with Gasteiger partial charge in [-0.15, -0.1) is 11.3 Å². The smallest absolute Gasteiger partial charge is 0.416 e. The molecule has 2 heterocycles. The maximum absolute atomic E-state index is 13.1. The predicted octanol–water partition coefficient (Wildman–Crippen LogP) is 5.36. The van der Waals surface area contributed by atoms with Gasteiger partial charge in [-0.2, -0.15) is 13.2 Å². The van der Waals surface area contributed by atoms with Crippen molar-refractivity contribution in [2.24, 2.45) is 0 Å². The van der Waals surface area contributed by atoms with Crippen molar-refractivity contribution in [3.63, 3.8) is 0 Å². The minimum absolute atomic E-state index is 0.177. The van der Waals surface area contributed by atoms with Gasteiger partial charge < -0.3 is 4.42 Å². The van der Waals surface area contributed by atoms with Crippen LogP contribution in [0.2, 0.25) is 0 Å². The number of benzene rings is 1. The van der Waals surface area contributed by atoms with Crippen LogP contribution >= 0.6 is 11.3 Å². The van der Waals surface area contributed by atoms with Gasteiger partial charge in [0.25, 0.3) is 0 Å². The van der Waals surface area contributed by atoms with Gasteiger partial charge >= 0.3 is 6.18 Å². The quantitative estimate of drug-likeness (QED) is 0.608. The summed E-state index contributed by atoms with van der Waals surface area (Å²) >= 11 is 1.53. The number of hydrogen-bond donors (Lipinski definition) is 0. The number of aromatic nitrogens is 1. The van der Waals surface area contributed by atoms with Crippen LogP contribution in [0.15, 0.2) is 46.2 Å². The van der Waals surface area contributed by atoms with Crippen molar-refractivity contribution in [2.45, 2.75) is 26.2 Å². The van der Waals surface area contributed by atoms with Crippen LogP contribution in [0.25, 0.3) is 10.8 Å². The Labute approximate surface area is 147 Å². The molecule has 0 aliphatic carbocycles. The van der Waals surface area contributed by atoms with Crippen LogP contribution in [0.3, 0.4) is 0 Å². The minimum atomic E-state index is -4.35. The third kappa shape index (κ3) is 4.11. The van der Waals surface area contributed by atoms with E-state index in [1.165, 1.54) is 23.5 Å². The fourth-order valence-electron chi connectivity index (χ4n) is 2.62. The van der Waals surface area contributed by atoms with E-state index in [0.717, 1.165) is 16.6 Å². The number of rotatable bonds is 5. The van der Waals surface area contributed by atoms with Crippen molar-refractivity contribution < 1.29 is 17.6 Å². The summed E-state index contributed by atoms with van der Waals surface area (Å²) in [7, 11) is 1.77. The molecule has 3 aromatic rings. The highest BCUT2D eigenvalue weighted by Gasteiger charge is 2.33. The maximum Gasteiger partial charge on any atom is 0.416 e. The Morgan fingerprint density at radius 2 is 1.88 bits per heavy atom. The minimum Gasteiger partial charge on any atom is -0.440 e. The second kappa shape index (κ2) is 7.01. The molecule has 2 aromatic heterocycles. The van der Waals surface area contributed by atoms with Gasteiger partial charge in [-0.25, -0.2) is 4.98 Å². The second-order valence-corrected chi connectivity index (χ2v) is 6.77. The molecule has 0 aliphatic heterocycles. The van der Waals surface area contributed by atoms with Gasteiger partial charge in [0, 0.05) is 13.1 Å². The lowest BCUT2D eigenvalue weighted by Crippen LogP contribution is -2.20. The molecule has 3 nitrogen and oxygen atoms in total. The summed E-state index contributed by atoms with van der Waals surface area (Å²) < 4.78 is 45.0. The third-order valence-electron chi connectivity index (χ3n) is 3.81. The van der Waals surface area contributed by atoms with Gasteiger partial charge in [0.05, 0.1) is 16.1 Å². The Hall–Kier alpha value is -2.12. The molecule has 0 amide bonds. The molecule has 132 valence electrons. The molecule has 3 rings (SSSR count). The topological polar surface area (TPSA) is 29.3 Å². The summed E-state index contributed by atoms with van der Waals surface area (Å²) in [6, 6.07) is 9.48. The van der Waals surface area contributed by atoms with Gasteiger partial charge in [-0.1, -0.05) is 24.3 Å². The fourth-order valence-corrected chi connectivity index (χ4v) is 3.27. The first-order valence-corrected chi connectivity index (χ1v) is 8.56. The van der Waals surface area contributed by atoms with Crippen LogP contribution in [0.1, 0.15) is 22.6 Å². The number of alkyl halides is 3. The number of oxazole rings is 1. The molecule has 0 unspecified atom stereocenters. The zero-order valence-electron chi connectivity index (χ0n) is 13.8. The van der Waals surface area contributed by atoms with E-state index in [9.17, 15) is 13.2 Å². The lowest BCUT2D eigenvalue weighted by atomic mass is 10.1. The largest absolute Gasteiger partial charge is 0.440 e. The average Bonchev–Trinajstić information content (AvgIpc) is 3.17. The summed E-state index contributed by atoms with van der Waals surface area (Å²) in [6.07, 6.45) is -4.35. The highest BCUT2D eigenvalue weighted by Crippen LogP contribution is 2.32. The fraction of sp³-hybridized carbons (Fsp3) is 0.278. The number of thiophene rings is 1. The predicted molar refractivity (Wildman–Crippen MR) is 91.2 cm³/mol. The summed E-state index contributed by atoms with van der Waals surface area (Å²) in [4.78, 5) is 7.21. The van der Waals surface area contributed by atoms with Crippen molar-refractivity contribution in [3.05, 3.63) is 64.4 Å². The molecule has 0 aliphatic rings. The molecular weight excluding hydrogens is 349 g/mol. The first kappa shape index (κ1) is 17.7.